The minimum atomic E-state index is -3.58. The molecule has 1 aliphatic heterocycles. The number of rotatable bonds is 8. The molecule has 7 heteroatoms. The number of hydrogen-bond acceptors (Lipinski definition) is 4. The number of sulfonamides is 1. The Balaban J connectivity index is 1.76. The lowest BCUT2D eigenvalue weighted by molar-refractivity contribution is -0.116. The number of ether oxygens (including phenoxy) is 1. The van der Waals surface area contributed by atoms with E-state index in [1.807, 2.05) is 37.3 Å². The first-order chi connectivity index (χ1) is 14.0. The first-order valence-electron chi connectivity index (χ1n) is 10.1. The van der Waals surface area contributed by atoms with Crippen molar-refractivity contribution in [3.05, 3.63) is 54.1 Å². The Morgan fingerprint density at radius 1 is 1.07 bits per heavy atom. The average molecular weight is 417 g/mol. The maximum Gasteiger partial charge on any atom is 0.243 e. The number of carbonyl (C=O) groups excluding carboxylic acids is 1. The molecule has 2 aromatic carbocycles. The molecule has 0 bridgehead atoms. The van der Waals surface area contributed by atoms with Crippen molar-refractivity contribution in [2.75, 3.05) is 25.0 Å². The van der Waals surface area contributed by atoms with Gasteiger partial charge in [0.15, 0.2) is 0 Å². The molecule has 0 radical (unpaired) electrons. The zero-order chi connectivity index (χ0) is 20.7. The van der Waals surface area contributed by atoms with Gasteiger partial charge in [-0.2, -0.15) is 4.31 Å². The molecule has 0 aromatic heterocycles. The molecule has 0 saturated carbocycles. The minimum absolute atomic E-state index is 0.178. The van der Waals surface area contributed by atoms with Crippen LogP contribution in [0, 0.1) is 0 Å². The maximum atomic E-state index is 13.0. The molecule has 1 heterocycles. The number of benzene rings is 2. The molecule has 0 aliphatic carbocycles. The van der Waals surface area contributed by atoms with E-state index in [9.17, 15) is 13.2 Å². The summed E-state index contributed by atoms with van der Waals surface area (Å²) >= 11 is 0. The molecule has 2 aromatic rings. The quantitative estimate of drug-likeness (QED) is 0.710. The van der Waals surface area contributed by atoms with Crippen molar-refractivity contribution in [2.24, 2.45) is 0 Å². The SMILES string of the molecule is CCOc1ccc(S(=O)(=O)N2CCCCC2)cc1NC(=O)CCc1ccccc1. The summed E-state index contributed by atoms with van der Waals surface area (Å²) in [5.41, 5.74) is 1.47. The van der Waals surface area contributed by atoms with Gasteiger partial charge in [0.25, 0.3) is 0 Å². The molecule has 0 spiro atoms. The van der Waals surface area contributed by atoms with E-state index in [0.717, 1.165) is 24.8 Å². The lowest BCUT2D eigenvalue weighted by Crippen LogP contribution is -2.35. The van der Waals surface area contributed by atoms with Crippen LogP contribution < -0.4 is 10.1 Å². The Kier molecular flexibility index (Phi) is 7.28. The molecule has 156 valence electrons. The van der Waals surface area contributed by atoms with Crippen LogP contribution >= 0.6 is 0 Å². The van der Waals surface area contributed by atoms with Crippen molar-refractivity contribution in [1.29, 1.82) is 0 Å². The highest BCUT2D eigenvalue weighted by Gasteiger charge is 2.27. The highest BCUT2D eigenvalue weighted by atomic mass is 32.2. The Morgan fingerprint density at radius 2 is 1.79 bits per heavy atom. The Labute approximate surface area is 172 Å². The van der Waals surface area contributed by atoms with Crippen molar-refractivity contribution < 1.29 is 17.9 Å². The minimum Gasteiger partial charge on any atom is -0.492 e. The predicted molar refractivity (Wildman–Crippen MR) is 114 cm³/mol. The normalized spacial score (nSPS) is 15.1. The number of anilines is 1. The number of nitrogens with one attached hydrogen (secondary N) is 1. The molecule has 0 unspecified atom stereocenters. The van der Waals surface area contributed by atoms with Gasteiger partial charge in [-0.3, -0.25) is 4.79 Å². The third-order valence-corrected chi connectivity index (χ3v) is 6.86. The van der Waals surface area contributed by atoms with Gasteiger partial charge in [-0.25, -0.2) is 8.42 Å². The average Bonchev–Trinajstić information content (AvgIpc) is 2.75. The van der Waals surface area contributed by atoms with Crippen molar-refractivity contribution in [1.82, 2.24) is 4.31 Å². The molecule has 29 heavy (non-hydrogen) atoms. The fourth-order valence-corrected chi connectivity index (χ4v) is 4.96. The second kappa shape index (κ2) is 9.89. The number of carbonyl (C=O) groups is 1. The molecule has 1 saturated heterocycles. The molecule has 6 nitrogen and oxygen atoms in total. The molecular formula is C22H28N2O4S. The van der Waals surface area contributed by atoms with Crippen LogP contribution in [-0.2, 0) is 21.2 Å². The van der Waals surface area contributed by atoms with Gasteiger partial charge in [-0.05, 0) is 49.9 Å². The van der Waals surface area contributed by atoms with Crippen LogP contribution in [-0.4, -0.2) is 38.3 Å². The molecule has 1 amide bonds. The highest BCUT2D eigenvalue weighted by molar-refractivity contribution is 7.89. The van der Waals surface area contributed by atoms with Gasteiger partial charge in [0.2, 0.25) is 15.9 Å². The van der Waals surface area contributed by atoms with Crippen molar-refractivity contribution in [3.8, 4) is 5.75 Å². The van der Waals surface area contributed by atoms with Crippen LogP contribution in [0.4, 0.5) is 5.69 Å². The van der Waals surface area contributed by atoms with Crippen molar-refractivity contribution >= 4 is 21.6 Å². The fraction of sp³-hybridized carbons (Fsp3) is 0.409. The predicted octanol–water partition coefficient (Wildman–Crippen LogP) is 3.83. The Hall–Kier alpha value is -2.38. The number of amides is 1. The molecule has 3 rings (SSSR count). The van der Waals surface area contributed by atoms with Crippen LogP contribution in [0.2, 0.25) is 0 Å². The van der Waals surface area contributed by atoms with Crippen molar-refractivity contribution in [3.63, 3.8) is 0 Å². The maximum absolute atomic E-state index is 13.0. The summed E-state index contributed by atoms with van der Waals surface area (Å²) in [6, 6.07) is 14.4. The summed E-state index contributed by atoms with van der Waals surface area (Å²) < 4.78 is 33.1. The smallest absolute Gasteiger partial charge is 0.243 e. The fourth-order valence-electron chi connectivity index (χ4n) is 3.42. The number of hydrogen-bond donors (Lipinski definition) is 1. The Bertz CT molecular complexity index is 923. The zero-order valence-electron chi connectivity index (χ0n) is 16.8. The number of aryl methyl sites for hydroxylation is 1. The standard InChI is InChI=1S/C22H28N2O4S/c1-2-28-21-13-12-19(29(26,27)24-15-7-4-8-16-24)17-20(21)23-22(25)14-11-18-9-5-3-6-10-18/h3,5-6,9-10,12-13,17H,2,4,7-8,11,14-16H2,1H3,(H,23,25). The zero-order valence-corrected chi connectivity index (χ0v) is 17.6. The molecule has 0 atom stereocenters. The third kappa shape index (κ3) is 5.58. The second-order valence-corrected chi connectivity index (χ2v) is 9.03. The number of nitrogens with zero attached hydrogens (tertiary/aromatic N) is 1. The van der Waals surface area contributed by atoms with Gasteiger partial charge in [0.05, 0.1) is 17.2 Å². The van der Waals surface area contributed by atoms with Gasteiger partial charge in [-0.15, -0.1) is 0 Å². The van der Waals surface area contributed by atoms with Crippen LogP contribution in [0.5, 0.6) is 5.75 Å². The topological polar surface area (TPSA) is 75.7 Å². The first kappa shape index (κ1) is 21.3. The number of piperidine rings is 1. The molecular weight excluding hydrogens is 388 g/mol. The Morgan fingerprint density at radius 3 is 2.48 bits per heavy atom. The van der Waals surface area contributed by atoms with Gasteiger partial charge in [-0.1, -0.05) is 36.8 Å². The summed E-state index contributed by atoms with van der Waals surface area (Å²) in [4.78, 5) is 12.7. The van der Waals surface area contributed by atoms with E-state index in [2.05, 4.69) is 5.32 Å². The lowest BCUT2D eigenvalue weighted by atomic mass is 10.1. The molecule has 1 fully saturated rings. The molecule has 1 N–H and O–H groups in total. The largest absolute Gasteiger partial charge is 0.492 e. The van der Waals surface area contributed by atoms with Gasteiger partial charge in [0.1, 0.15) is 5.75 Å². The van der Waals surface area contributed by atoms with E-state index in [1.165, 1.54) is 10.4 Å². The van der Waals surface area contributed by atoms with Crippen LogP contribution in [0.1, 0.15) is 38.2 Å². The van der Waals surface area contributed by atoms with E-state index >= 15 is 0 Å². The van der Waals surface area contributed by atoms with Crippen LogP contribution in [0.3, 0.4) is 0 Å². The van der Waals surface area contributed by atoms with E-state index in [-0.39, 0.29) is 10.8 Å². The van der Waals surface area contributed by atoms with Crippen molar-refractivity contribution in [2.45, 2.75) is 43.9 Å². The lowest BCUT2D eigenvalue weighted by Gasteiger charge is -2.26. The van der Waals surface area contributed by atoms with E-state index in [1.54, 1.807) is 12.1 Å². The van der Waals surface area contributed by atoms with Gasteiger partial charge in [0, 0.05) is 19.5 Å². The summed E-state index contributed by atoms with van der Waals surface area (Å²) in [5, 5.41) is 2.83. The van der Waals surface area contributed by atoms with Crippen LogP contribution in [0.25, 0.3) is 0 Å². The first-order valence-corrected chi connectivity index (χ1v) is 11.6. The van der Waals surface area contributed by atoms with Gasteiger partial charge < -0.3 is 10.1 Å². The van der Waals surface area contributed by atoms with E-state index in [0.29, 0.717) is 44.0 Å². The van der Waals surface area contributed by atoms with E-state index in [4.69, 9.17) is 4.74 Å². The summed E-state index contributed by atoms with van der Waals surface area (Å²) in [7, 11) is -3.58. The van der Waals surface area contributed by atoms with E-state index < -0.39 is 10.0 Å². The summed E-state index contributed by atoms with van der Waals surface area (Å²) in [6.07, 6.45) is 3.72. The monoisotopic (exact) mass is 416 g/mol. The van der Waals surface area contributed by atoms with Gasteiger partial charge >= 0.3 is 0 Å². The summed E-state index contributed by atoms with van der Waals surface area (Å²) in [5.74, 6) is 0.292. The third-order valence-electron chi connectivity index (χ3n) is 4.96. The second-order valence-electron chi connectivity index (χ2n) is 7.09. The van der Waals surface area contributed by atoms with Crippen LogP contribution in [0.15, 0.2) is 53.4 Å². The highest BCUT2D eigenvalue weighted by Crippen LogP contribution is 2.30. The summed E-state index contributed by atoms with van der Waals surface area (Å²) in [6.45, 7) is 3.34. The molecule has 1 aliphatic rings.